The molecule has 0 radical (unpaired) electrons. The van der Waals surface area contributed by atoms with Crippen LogP contribution in [0, 0.1) is 21.7 Å². The Morgan fingerprint density at radius 3 is 2.47 bits per heavy atom. The summed E-state index contributed by atoms with van der Waals surface area (Å²) in [6.45, 7) is 3.45. The number of nitrogens with zero attached hydrogens (tertiary/aromatic N) is 1. The van der Waals surface area contributed by atoms with Crippen molar-refractivity contribution in [1.29, 1.82) is 0 Å². The molecule has 1 aromatic rings. The smallest absolute Gasteiger partial charge is 0.305 e. The van der Waals surface area contributed by atoms with Crippen molar-refractivity contribution >= 4 is 5.69 Å². The summed E-state index contributed by atoms with van der Waals surface area (Å²) in [5, 5.41) is 10.6. The SMILES string of the molecule is CC(C)(CCN)c1c(F)ccc([N+](=O)[O-])c1F. The minimum Gasteiger partial charge on any atom is -0.330 e. The summed E-state index contributed by atoms with van der Waals surface area (Å²) >= 11 is 0. The number of hydrogen-bond acceptors (Lipinski definition) is 3. The molecule has 6 heteroatoms. The van der Waals surface area contributed by atoms with Crippen LogP contribution in [0.15, 0.2) is 12.1 Å². The molecule has 0 aliphatic rings. The van der Waals surface area contributed by atoms with Crippen LogP contribution in [0.5, 0.6) is 0 Å². The van der Waals surface area contributed by atoms with E-state index in [9.17, 15) is 18.9 Å². The Kier molecular flexibility index (Phi) is 3.77. The van der Waals surface area contributed by atoms with Gasteiger partial charge < -0.3 is 5.73 Å². The fourth-order valence-electron chi connectivity index (χ4n) is 1.79. The van der Waals surface area contributed by atoms with Crippen molar-refractivity contribution in [2.75, 3.05) is 6.54 Å². The zero-order chi connectivity index (χ0) is 13.2. The molecule has 0 bridgehead atoms. The highest BCUT2D eigenvalue weighted by atomic mass is 19.1. The highest BCUT2D eigenvalue weighted by molar-refractivity contribution is 5.41. The van der Waals surface area contributed by atoms with Crippen molar-refractivity contribution in [3.63, 3.8) is 0 Å². The Hall–Kier alpha value is -1.56. The van der Waals surface area contributed by atoms with Gasteiger partial charge in [-0.2, -0.15) is 4.39 Å². The highest BCUT2D eigenvalue weighted by Crippen LogP contribution is 2.34. The van der Waals surface area contributed by atoms with Gasteiger partial charge in [0.25, 0.3) is 0 Å². The van der Waals surface area contributed by atoms with Gasteiger partial charge in [-0.3, -0.25) is 10.1 Å². The average Bonchev–Trinajstić information content (AvgIpc) is 2.15. The summed E-state index contributed by atoms with van der Waals surface area (Å²) in [6, 6.07) is 1.74. The number of benzene rings is 1. The number of hydrogen-bond donors (Lipinski definition) is 1. The van der Waals surface area contributed by atoms with E-state index in [2.05, 4.69) is 0 Å². The molecule has 0 aromatic heterocycles. The second-order valence-electron chi connectivity index (χ2n) is 4.44. The van der Waals surface area contributed by atoms with Crippen LogP contribution in [-0.4, -0.2) is 11.5 Å². The molecule has 0 saturated carbocycles. The molecule has 1 aromatic carbocycles. The van der Waals surface area contributed by atoms with Crippen molar-refractivity contribution in [3.8, 4) is 0 Å². The van der Waals surface area contributed by atoms with E-state index in [4.69, 9.17) is 5.73 Å². The first-order chi connectivity index (χ1) is 7.81. The molecular formula is C11H14F2N2O2. The van der Waals surface area contributed by atoms with Crippen LogP contribution in [0.2, 0.25) is 0 Å². The second kappa shape index (κ2) is 4.75. The summed E-state index contributed by atoms with van der Waals surface area (Å²) in [5.41, 5.74) is 3.49. The number of halogens is 2. The number of nitro groups is 1. The Labute approximate surface area is 97.6 Å². The molecule has 1 rings (SSSR count). The van der Waals surface area contributed by atoms with Gasteiger partial charge in [-0.15, -0.1) is 0 Å². The minimum absolute atomic E-state index is 0.245. The Balaban J connectivity index is 3.41. The van der Waals surface area contributed by atoms with Crippen LogP contribution in [0.1, 0.15) is 25.8 Å². The summed E-state index contributed by atoms with van der Waals surface area (Å²) in [7, 11) is 0. The van der Waals surface area contributed by atoms with Crippen molar-refractivity contribution in [3.05, 3.63) is 39.4 Å². The van der Waals surface area contributed by atoms with Crippen LogP contribution in [-0.2, 0) is 5.41 Å². The fraction of sp³-hybridized carbons (Fsp3) is 0.455. The fourth-order valence-corrected chi connectivity index (χ4v) is 1.79. The third kappa shape index (κ3) is 2.58. The zero-order valence-electron chi connectivity index (χ0n) is 9.67. The second-order valence-corrected chi connectivity index (χ2v) is 4.44. The zero-order valence-corrected chi connectivity index (χ0v) is 9.67. The van der Waals surface area contributed by atoms with Gasteiger partial charge in [0.05, 0.1) is 4.92 Å². The van der Waals surface area contributed by atoms with E-state index in [0.29, 0.717) is 6.42 Å². The maximum Gasteiger partial charge on any atom is 0.305 e. The number of nitrogens with two attached hydrogens (primary N) is 1. The van der Waals surface area contributed by atoms with Gasteiger partial charge in [-0.1, -0.05) is 13.8 Å². The molecule has 0 saturated heterocycles. The van der Waals surface area contributed by atoms with E-state index in [1.807, 2.05) is 0 Å². The third-order valence-electron chi connectivity index (χ3n) is 2.71. The van der Waals surface area contributed by atoms with Crippen LogP contribution < -0.4 is 5.73 Å². The third-order valence-corrected chi connectivity index (χ3v) is 2.71. The maximum atomic E-state index is 13.9. The van der Waals surface area contributed by atoms with E-state index in [1.165, 1.54) is 0 Å². The van der Waals surface area contributed by atoms with Crippen molar-refractivity contribution in [2.45, 2.75) is 25.7 Å². The number of nitro benzene ring substituents is 1. The van der Waals surface area contributed by atoms with Gasteiger partial charge in [0.2, 0.25) is 5.82 Å². The largest absolute Gasteiger partial charge is 0.330 e. The summed E-state index contributed by atoms with van der Waals surface area (Å²) in [5.74, 6) is -1.90. The van der Waals surface area contributed by atoms with Gasteiger partial charge in [0.1, 0.15) is 5.82 Å². The standard InChI is InChI=1S/C11H14F2N2O2/c1-11(2,5-6-14)9-7(12)3-4-8(10(9)13)15(16)17/h3-4H,5-6,14H2,1-2H3. The summed E-state index contributed by atoms with van der Waals surface area (Å²) in [4.78, 5) is 9.72. The van der Waals surface area contributed by atoms with Crippen LogP contribution in [0.3, 0.4) is 0 Å². The van der Waals surface area contributed by atoms with Gasteiger partial charge in [-0.05, 0) is 24.4 Å². The average molecular weight is 244 g/mol. The van der Waals surface area contributed by atoms with Crippen molar-refractivity contribution < 1.29 is 13.7 Å². The van der Waals surface area contributed by atoms with Gasteiger partial charge in [-0.25, -0.2) is 4.39 Å². The van der Waals surface area contributed by atoms with E-state index < -0.39 is 27.7 Å². The molecule has 17 heavy (non-hydrogen) atoms. The predicted molar refractivity (Wildman–Crippen MR) is 59.7 cm³/mol. The van der Waals surface area contributed by atoms with Gasteiger partial charge in [0, 0.05) is 11.6 Å². The first-order valence-electron chi connectivity index (χ1n) is 5.14. The summed E-state index contributed by atoms with van der Waals surface area (Å²) in [6.07, 6.45) is 0.335. The lowest BCUT2D eigenvalue weighted by Gasteiger charge is -2.25. The molecule has 4 nitrogen and oxygen atoms in total. The summed E-state index contributed by atoms with van der Waals surface area (Å²) < 4.78 is 27.5. The molecule has 0 unspecified atom stereocenters. The molecule has 0 atom stereocenters. The minimum atomic E-state index is -1.12. The molecule has 0 amide bonds. The molecule has 94 valence electrons. The molecule has 2 N–H and O–H groups in total. The quantitative estimate of drug-likeness (QED) is 0.653. The highest BCUT2D eigenvalue weighted by Gasteiger charge is 2.31. The molecule has 0 aliphatic heterocycles. The Bertz CT molecular complexity index is 447. The van der Waals surface area contributed by atoms with E-state index in [0.717, 1.165) is 12.1 Å². The van der Waals surface area contributed by atoms with E-state index >= 15 is 0 Å². The Morgan fingerprint density at radius 2 is 2.00 bits per heavy atom. The van der Waals surface area contributed by atoms with Crippen LogP contribution in [0.4, 0.5) is 14.5 Å². The lowest BCUT2D eigenvalue weighted by Crippen LogP contribution is -2.25. The lowest BCUT2D eigenvalue weighted by molar-refractivity contribution is -0.387. The molecule has 0 spiro atoms. The first-order valence-corrected chi connectivity index (χ1v) is 5.14. The normalized spacial score (nSPS) is 11.6. The maximum absolute atomic E-state index is 13.9. The molecule has 0 fully saturated rings. The van der Waals surface area contributed by atoms with E-state index in [1.54, 1.807) is 13.8 Å². The first kappa shape index (κ1) is 13.5. The Morgan fingerprint density at radius 1 is 1.41 bits per heavy atom. The van der Waals surface area contributed by atoms with E-state index in [-0.39, 0.29) is 12.1 Å². The predicted octanol–water partition coefficient (Wildman–Crippen LogP) is 2.50. The van der Waals surface area contributed by atoms with Gasteiger partial charge >= 0.3 is 5.69 Å². The topological polar surface area (TPSA) is 69.2 Å². The number of rotatable bonds is 4. The molecular weight excluding hydrogens is 230 g/mol. The molecule has 0 heterocycles. The lowest BCUT2D eigenvalue weighted by atomic mass is 9.80. The molecule has 0 aliphatic carbocycles. The van der Waals surface area contributed by atoms with Gasteiger partial charge in [0.15, 0.2) is 0 Å². The van der Waals surface area contributed by atoms with Crippen LogP contribution >= 0.6 is 0 Å². The van der Waals surface area contributed by atoms with Crippen LogP contribution in [0.25, 0.3) is 0 Å². The van der Waals surface area contributed by atoms with Crippen molar-refractivity contribution in [1.82, 2.24) is 0 Å². The monoisotopic (exact) mass is 244 g/mol. The van der Waals surface area contributed by atoms with Crippen molar-refractivity contribution in [2.24, 2.45) is 5.73 Å².